The first-order chi connectivity index (χ1) is 15.3. The monoisotopic (exact) mass is 443 g/mol. The van der Waals surface area contributed by atoms with Gasteiger partial charge in [0.15, 0.2) is 5.69 Å². The standard InChI is InChI=1S/C22H29N5O5/c1-14(2)27-18-6-4-3-5-17(18)20(24-27)21(29)23-15-11-16(26(13-15)22(30)31)12-19(28)25-7-9-32-10-8-25/h3-6,14-16H,7-13H2,1-2H3,(H,23,29)(H,30,31)/t15-,16-/m0/s1. The molecule has 0 unspecified atom stereocenters. The fraction of sp³-hybridized carbons (Fsp3) is 0.545. The lowest BCUT2D eigenvalue weighted by molar-refractivity contribution is -0.136. The van der Waals surface area contributed by atoms with Crippen molar-refractivity contribution < 1.29 is 24.2 Å². The number of carbonyl (C=O) groups is 3. The minimum Gasteiger partial charge on any atom is -0.465 e. The second kappa shape index (κ2) is 9.15. The molecule has 0 radical (unpaired) electrons. The highest BCUT2D eigenvalue weighted by Gasteiger charge is 2.38. The Morgan fingerprint density at radius 2 is 1.94 bits per heavy atom. The quantitative estimate of drug-likeness (QED) is 0.727. The van der Waals surface area contributed by atoms with Crippen molar-refractivity contribution in [3.63, 3.8) is 0 Å². The normalized spacial score (nSPS) is 21.3. The molecule has 2 aliphatic heterocycles. The van der Waals surface area contributed by atoms with E-state index in [-0.39, 0.29) is 36.9 Å². The lowest BCUT2D eigenvalue weighted by Gasteiger charge is -2.29. The lowest BCUT2D eigenvalue weighted by atomic mass is 10.1. The van der Waals surface area contributed by atoms with Crippen molar-refractivity contribution in [2.45, 2.75) is 44.8 Å². The zero-order valence-corrected chi connectivity index (χ0v) is 18.4. The minimum absolute atomic E-state index is 0.0850. The number of hydrogen-bond donors (Lipinski definition) is 2. The van der Waals surface area contributed by atoms with Crippen LogP contribution in [0.2, 0.25) is 0 Å². The van der Waals surface area contributed by atoms with Crippen LogP contribution in [-0.2, 0) is 9.53 Å². The Morgan fingerprint density at radius 1 is 1.22 bits per heavy atom. The molecule has 2 aromatic rings. The Kier molecular flexibility index (Phi) is 6.31. The third-order valence-electron chi connectivity index (χ3n) is 6.09. The smallest absolute Gasteiger partial charge is 0.407 e. The van der Waals surface area contributed by atoms with Crippen LogP contribution in [0.15, 0.2) is 24.3 Å². The van der Waals surface area contributed by atoms with Gasteiger partial charge in [0.2, 0.25) is 5.91 Å². The molecule has 0 saturated carbocycles. The SMILES string of the molecule is CC(C)n1nc(C(=O)N[C@H]2C[C@@H](CC(=O)N3CCOCC3)N(C(=O)O)C2)c2ccccc21. The first kappa shape index (κ1) is 22.1. The average Bonchev–Trinajstić information content (AvgIpc) is 3.36. The highest BCUT2D eigenvalue weighted by Crippen LogP contribution is 2.25. The minimum atomic E-state index is -1.09. The molecule has 1 aromatic carbocycles. The molecule has 2 fully saturated rings. The van der Waals surface area contributed by atoms with Crippen LogP contribution in [0.5, 0.6) is 0 Å². The third-order valence-corrected chi connectivity index (χ3v) is 6.09. The molecule has 2 saturated heterocycles. The van der Waals surface area contributed by atoms with Crippen LogP contribution < -0.4 is 5.32 Å². The number of fused-ring (bicyclic) bond motifs is 1. The average molecular weight is 444 g/mol. The molecule has 3 amide bonds. The van der Waals surface area contributed by atoms with Crippen LogP contribution >= 0.6 is 0 Å². The molecule has 0 spiro atoms. The molecule has 172 valence electrons. The predicted molar refractivity (Wildman–Crippen MR) is 117 cm³/mol. The fourth-order valence-electron chi connectivity index (χ4n) is 4.50. The van der Waals surface area contributed by atoms with E-state index in [1.165, 1.54) is 4.90 Å². The summed E-state index contributed by atoms with van der Waals surface area (Å²) in [7, 11) is 0. The number of aromatic nitrogens is 2. The van der Waals surface area contributed by atoms with Crippen molar-refractivity contribution in [3.8, 4) is 0 Å². The van der Waals surface area contributed by atoms with E-state index in [9.17, 15) is 19.5 Å². The van der Waals surface area contributed by atoms with Gasteiger partial charge in [-0.05, 0) is 26.3 Å². The molecule has 0 aliphatic carbocycles. The maximum Gasteiger partial charge on any atom is 0.407 e. The molecular weight excluding hydrogens is 414 g/mol. The number of nitrogens with zero attached hydrogens (tertiary/aromatic N) is 4. The Labute approximate surface area is 186 Å². The van der Waals surface area contributed by atoms with E-state index < -0.39 is 12.1 Å². The summed E-state index contributed by atoms with van der Waals surface area (Å²) in [5, 5.41) is 17.8. The highest BCUT2D eigenvalue weighted by atomic mass is 16.5. The molecule has 2 atom stereocenters. The van der Waals surface area contributed by atoms with Crippen molar-refractivity contribution in [3.05, 3.63) is 30.0 Å². The Bertz CT molecular complexity index is 1010. The number of morpholine rings is 1. The number of likely N-dealkylation sites (tertiary alicyclic amines) is 1. The number of rotatable bonds is 5. The largest absolute Gasteiger partial charge is 0.465 e. The van der Waals surface area contributed by atoms with Gasteiger partial charge in [-0.3, -0.25) is 14.3 Å². The molecule has 2 N–H and O–H groups in total. The van der Waals surface area contributed by atoms with Crippen LogP contribution in [0.25, 0.3) is 10.9 Å². The number of nitrogens with one attached hydrogen (secondary N) is 1. The summed E-state index contributed by atoms with van der Waals surface area (Å²) in [6, 6.07) is 6.78. The Morgan fingerprint density at radius 3 is 2.62 bits per heavy atom. The van der Waals surface area contributed by atoms with Gasteiger partial charge < -0.3 is 25.0 Å². The van der Waals surface area contributed by atoms with Crippen LogP contribution in [0.4, 0.5) is 4.79 Å². The van der Waals surface area contributed by atoms with Gasteiger partial charge in [-0.1, -0.05) is 18.2 Å². The van der Waals surface area contributed by atoms with Gasteiger partial charge in [0, 0.05) is 49.6 Å². The predicted octanol–water partition coefficient (Wildman–Crippen LogP) is 1.72. The van der Waals surface area contributed by atoms with Crippen molar-refractivity contribution >= 4 is 28.8 Å². The summed E-state index contributed by atoms with van der Waals surface area (Å²) < 4.78 is 7.09. The van der Waals surface area contributed by atoms with Gasteiger partial charge in [-0.25, -0.2) is 4.79 Å². The topological polar surface area (TPSA) is 117 Å². The summed E-state index contributed by atoms with van der Waals surface area (Å²) in [4.78, 5) is 40.4. The van der Waals surface area contributed by atoms with E-state index in [1.807, 2.05) is 42.8 Å². The molecule has 4 rings (SSSR count). The van der Waals surface area contributed by atoms with E-state index in [4.69, 9.17) is 4.74 Å². The van der Waals surface area contributed by atoms with Gasteiger partial charge in [0.05, 0.1) is 18.7 Å². The number of ether oxygens (including phenoxy) is 1. The Balaban J connectivity index is 1.46. The summed E-state index contributed by atoms with van der Waals surface area (Å²) in [5.74, 6) is -0.422. The van der Waals surface area contributed by atoms with Crippen molar-refractivity contribution in [2.75, 3.05) is 32.8 Å². The van der Waals surface area contributed by atoms with Crippen LogP contribution in [0.1, 0.15) is 43.2 Å². The maximum atomic E-state index is 13.1. The third kappa shape index (κ3) is 4.40. The molecule has 10 nitrogen and oxygen atoms in total. The van der Waals surface area contributed by atoms with E-state index in [0.29, 0.717) is 38.4 Å². The molecule has 32 heavy (non-hydrogen) atoms. The molecule has 3 heterocycles. The number of hydrogen-bond acceptors (Lipinski definition) is 5. The van der Waals surface area contributed by atoms with Gasteiger partial charge in [0.1, 0.15) is 0 Å². The van der Waals surface area contributed by atoms with Crippen molar-refractivity contribution in [1.29, 1.82) is 0 Å². The second-order valence-corrected chi connectivity index (χ2v) is 8.60. The summed E-state index contributed by atoms with van der Waals surface area (Å²) in [6.45, 7) is 6.17. The van der Waals surface area contributed by atoms with Crippen LogP contribution in [0.3, 0.4) is 0 Å². The van der Waals surface area contributed by atoms with Crippen molar-refractivity contribution in [2.24, 2.45) is 0 Å². The molecule has 1 aromatic heterocycles. The zero-order chi connectivity index (χ0) is 22.8. The molecule has 0 bridgehead atoms. The van der Waals surface area contributed by atoms with E-state index in [1.54, 1.807) is 4.90 Å². The van der Waals surface area contributed by atoms with Gasteiger partial charge in [-0.15, -0.1) is 0 Å². The van der Waals surface area contributed by atoms with Crippen LogP contribution in [0, 0.1) is 0 Å². The van der Waals surface area contributed by atoms with E-state index >= 15 is 0 Å². The summed E-state index contributed by atoms with van der Waals surface area (Å²) in [6.07, 6.45) is -0.600. The number of para-hydroxylation sites is 1. The van der Waals surface area contributed by atoms with E-state index in [2.05, 4.69) is 10.4 Å². The summed E-state index contributed by atoms with van der Waals surface area (Å²) in [5.41, 5.74) is 1.20. The van der Waals surface area contributed by atoms with Gasteiger partial charge in [0.25, 0.3) is 5.91 Å². The summed E-state index contributed by atoms with van der Waals surface area (Å²) >= 11 is 0. The lowest BCUT2D eigenvalue weighted by Crippen LogP contribution is -2.44. The zero-order valence-electron chi connectivity index (χ0n) is 18.4. The first-order valence-corrected chi connectivity index (χ1v) is 11.0. The number of carboxylic acid groups (broad SMARTS) is 1. The number of carbonyl (C=O) groups excluding carboxylic acids is 2. The Hall–Kier alpha value is -3.14. The van der Waals surface area contributed by atoms with Gasteiger partial charge >= 0.3 is 6.09 Å². The fourth-order valence-corrected chi connectivity index (χ4v) is 4.50. The van der Waals surface area contributed by atoms with Crippen LogP contribution in [-0.4, -0.2) is 87.5 Å². The highest BCUT2D eigenvalue weighted by molar-refractivity contribution is 6.05. The number of benzene rings is 1. The number of amides is 3. The van der Waals surface area contributed by atoms with Crippen molar-refractivity contribution in [1.82, 2.24) is 24.9 Å². The molecule has 10 heteroatoms. The molecular formula is C22H29N5O5. The maximum absolute atomic E-state index is 13.1. The second-order valence-electron chi connectivity index (χ2n) is 8.60. The van der Waals surface area contributed by atoms with E-state index in [0.717, 1.165) is 10.9 Å². The molecule has 2 aliphatic rings. The first-order valence-electron chi connectivity index (χ1n) is 11.0. The van der Waals surface area contributed by atoms with Gasteiger partial charge in [-0.2, -0.15) is 5.10 Å².